The molecule has 2 rings (SSSR count). The van der Waals surface area contributed by atoms with Crippen molar-refractivity contribution in [2.24, 2.45) is 5.73 Å². The lowest BCUT2D eigenvalue weighted by molar-refractivity contribution is 0.652. The minimum atomic E-state index is -0.0119. The number of hydrogen-bond donors (Lipinski definition) is 1. The van der Waals surface area contributed by atoms with Gasteiger partial charge in [0.05, 0.1) is 6.04 Å². The van der Waals surface area contributed by atoms with Gasteiger partial charge in [0, 0.05) is 6.54 Å². The van der Waals surface area contributed by atoms with Crippen LogP contribution in [0.2, 0.25) is 0 Å². The number of nitrogens with two attached hydrogens (primary N) is 1. The zero-order chi connectivity index (χ0) is 12.4. The highest BCUT2D eigenvalue weighted by atomic mass is 15.3. The first-order valence-corrected chi connectivity index (χ1v) is 5.30. The van der Waals surface area contributed by atoms with Crippen LogP contribution in [-0.4, -0.2) is 11.4 Å². The van der Waals surface area contributed by atoms with Crippen LogP contribution < -0.4 is 5.73 Å². The van der Waals surface area contributed by atoms with Gasteiger partial charge in [-0.05, 0) is 12.5 Å². The molecule has 1 aromatic rings. The van der Waals surface area contributed by atoms with Gasteiger partial charge in [-0.25, -0.2) is 0 Å². The van der Waals surface area contributed by atoms with Crippen LogP contribution in [0.1, 0.15) is 17.2 Å². The minimum absolute atomic E-state index is 0.0119. The molecular formula is C13H12N4. The third-order valence-corrected chi connectivity index (χ3v) is 2.84. The predicted molar refractivity (Wildman–Crippen MR) is 63.1 cm³/mol. The first-order valence-electron chi connectivity index (χ1n) is 5.30. The second-order valence-electron chi connectivity index (χ2n) is 4.06. The summed E-state index contributed by atoms with van der Waals surface area (Å²) < 4.78 is 0. The first kappa shape index (κ1) is 11.0. The number of rotatable bonds is 2. The molecule has 0 bridgehead atoms. The Kier molecular flexibility index (Phi) is 2.72. The van der Waals surface area contributed by atoms with Crippen molar-refractivity contribution < 1.29 is 0 Å². The molecule has 0 aromatic heterocycles. The largest absolute Gasteiger partial charge is 0.388 e. The van der Waals surface area contributed by atoms with Gasteiger partial charge in [-0.2, -0.15) is 10.5 Å². The topological polar surface area (TPSA) is 76.6 Å². The zero-order valence-corrected chi connectivity index (χ0v) is 9.51. The summed E-state index contributed by atoms with van der Waals surface area (Å²) in [6.45, 7) is 2.77. The van der Waals surface area contributed by atoms with E-state index in [9.17, 15) is 0 Å². The molecule has 84 valence electrons. The van der Waals surface area contributed by atoms with Gasteiger partial charge in [0.15, 0.2) is 5.70 Å². The molecule has 0 spiro atoms. The van der Waals surface area contributed by atoms with Crippen molar-refractivity contribution in [2.75, 3.05) is 6.54 Å². The normalized spacial score (nSPS) is 19.0. The van der Waals surface area contributed by atoms with Gasteiger partial charge in [-0.1, -0.05) is 29.8 Å². The highest BCUT2D eigenvalue weighted by molar-refractivity contribution is 5.39. The van der Waals surface area contributed by atoms with Crippen molar-refractivity contribution in [1.82, 2.24) is 4.90 Å². The first-order chi connectivity index (χ1) is 8.17. The average Bonchev–Trinajstić information content (AvgIpc) is 3.11. The fraction of sp³-hybridized carbons (Fsp3) is 0.231. The van der Waals surface area contributed by atoms with E-state index in [-0.39, 0.29) is 17.4 Å². The Morgan fingerprint density at radius 2 is 1.94 bits per heavy atom. The Bertz CT molecular complexity index is 542. The van der Waals surface area contributed by atoms with Gasteiger partial charge >= 0.3 is 0 Å². The molecule has 1 aliphatic heterocycles. The minimum Gasteiger partial charge on any atom is -0.388 e. The van der Waals surface area contributed by atoms with E-state index >= 15 is 0 Å². The van der Waals surface area contributed by atoms with Crippen LogP contribution in [0.3, 0.4) is 0 Å². The van der Waals surface area contributed by atoms with Gasteiger partial charge in [-0.15, -0.1) is 0 Å². The van der Waals surface area contributed by atoms with Crippen LogP contribution >= 0.6 is 0 Å². The maximum Gasteiger partial charge on any atom is 0.151 e. The van der Waals surface area contributed by atoms with Gasteiger partial charge in [-0.3, -0.25) is 0 Å². The maximum atomic E-state index is 8.97. The molecule has 0 aliphatic carbocycles. The lowest BCUT2D eigenvalue weighted by atomic mass is 10.1. The third-order valence-electron chi connectivity index (χ3n) is 2.84. The lowest BCUT2D eigenvalue weighted by Gasteiger charge is -2.04. The van der Waals surface area contributed by atoms with Gasteiger partial charge in [0.1, 0.15) is 17.8 Å². The number of hydrogen-bond acceptors (Lipinski definition) is 4. The van der Waals surface area contributed by atoms with Crippen LogP contribution in [0.5, 0.6) is 0 Å². The standard InChI is InChI=1S/C13H12N4/c1-9-2-4-10(5-3-9)13-8-17(13)12(7-15)11(16)6-14/h2-5,13H,8,16H2,1H3/b12-11-. The second kappa shape index (κ2) is 4.19. The fourth-order valence-corrected chi connectivity index (χ4v) is 1.79. The van der Waals surface area contributed by atoms with Crippen molar-refractivity contribution >= 4 is 0 Å². The Morgan fingerprint density at radius 3 is 2.47 bits per heavy atom. The van der Waals surface area contributed by atoms with Gasteiger partial charge in [0.25, 0.3) is 0 Å². The monoisotopic (exact) mass is 224 g/mol. The van der Waals surface area contributed by atoms with Crippen LogP contribution in [-0.2, 0) is 0 Å². The average molecular weight is 224 g/mol. The summed E-state index contributed by atoms with van der Waals surface area (Å²) >= 11 is 0. The van der Waals surface area contributed by atoms with Crippen molar-refractivity contribution in [3.8, 4) is 12.1 Å². The van der Waals surface area contributed by atoms with Gasteiger partial charge in [0.2, 0.25) is 0 Å². The van der Waals surface area contributed by atoms with E-state index in [2.05, 4.69) is 0 Å². The molecule has 4 nitrogen and oxygen atoms in total. The molecule has 2 N–H and O–H groups in total. The Balaban J connectivity index is 2.19. The Hall–Kier alpha value is -2.46. The molecule has 1 saturated heterocycles. The van der Waals surface area contributed by atoms with E-state index in [4.69, 9.17) is 16.3 Å². The van der Waals surface area contributed by atoms with Crippen LogP contribution in [0, 0.1) is 29.6 Å². The molecule has 1 aliphatic rings. The summed E-state index contributed by atoms with van der Waals surface area (Å²) in [5.74, 6) is 0. The highest BCUT2D eigenvalue weighted by Gasteiger charge is 2.38. The van der Waals surface area contributed by atoms with E-state index in [0.29, 0.717) is 0 Å². The number of aryl methyl sites for hydroxylation is 1. The zero-order valence-electron chi connectivity index (χ0n) is 9.51. The summed E-state index contributed by atoms with van der Waals surface area (Å²) in [7, 11) is 0. The van der Waals surface area contributed by atoms with Crippen LogP contribution in [0.25, 0.3) is 0 Å². The molecule has 0 radical (unpaired) electrons. The molecule has 17 heavy (non-hydrogen) atoms. The molecular weight excluding hydrogens is 212 g/mol. The molecule has 1 aromatic carbocycles. The summed E-state index contributed by atoms with van der Waals surface area (Å²) in [5.41, 5.74) is 8.10. The highest BCUT2D eigenvalue weighted by Crippen LogP contribution is 2.38. The molecule has 1 atom stereocenters. The quantitative estimate of drug-likeness (QED) is 0.611. The van der Waals surface area contributed by atoms with E-state index < -0.39 is 0 Å². The number of allylic oxidation sites excluding steroid dienone is 2. The molecule has 1 heterocycles. The van der Waals surface area contributed by atoms with Crippen molar-refractivity contribution in [2.45, 2.75) is 13.0 Å². The Labute approximate surface area is 100 Å². The Morgan fingerprint density at radius 1 is 1.29 bits per heavy atom. The number of nitriles is 2. The summed E-state index contributed by atoms with van der Waals surface area (Å²) in [5, 5.41) is 17.7. The number of benzene rings is 1. The second-order valence-corrected chi connectivity index (χ2v) is 4.06. The molecule has 1 fully saturated rings. The van der Waals surface area contributed by atoms with Crippen LogP contribution in [0.4, 0.5) is 0 Å². The maximum absolute atomic E-state index is 8.97. The van der Waals surface area contributed by atoms with Crippen molar-refractivity contribution in [1.29, 1.82) is 10.5 Å². The molecule has 1 unspecified atom stereocenters. The van der Waals surface area contributed by atoms with Crippen molar-refractivity contribution in [3.05, 3.63) is 46.8 Å². The van der Waals surface area contributed by atoms with E-state index in [0.717, 1.165) is 12.1 Å². The molecule has 0 amide bonds. The SMILES string of the molecule is Cc1ccc(C2CN2/C(C#N)=C(\N)C#N)cc1. The summed E-state index contributed by atoms with van der Waals surface area (Å²) in [6.07, 6.45) is 0. The number of nitrogens with zero attached hydrogens (tertiary/aromatic N) is 3. The summed E-state index contributed by atoms with van der Waals surface area (Å²) in [6, 6.07) is 12.1. The van der Waals surface area contributed by atoms with E-state index in [1.54, 1.807) is 0 Å². The summed E-state index contributed by atoms with van der Waals surface area (Å²) in [4.78, 5) is 1.84. The smallest absolute Gasteiger partial charge is 0.151 e. The van der Waals surface area contributed by atoms with Crippen molar-refractivity contribution in [3.63, 3.8) is 0 Å². The predicted octanol–water partition coefficient (Wildman–Crippen LogP) is 1.57. The lowest BCUT2D eigenvalue weighted by Crippen LogP contribution is -2.06. The van der Waals surface area contributed by atoms with Crippen LogP contribution in [0.15, 0.2) is 35.7 Å². The molecule has 0 saturated carbocycles. The molecule has 4 heteroatoms. The van der Waals surface area contributed by atoms with E-state index in [1.807, 2.05) is 48.2 Å². The fourth-order valence-electron chi connectivity index (χ4n) is 1.79. The van der Waals surface area contributed by atoms with Gasteiger partial charge < -0.3 is 10.6 Å². The van der Waals surface area contributed by atoms with E-state index in [1.165, 1.54) is 5.56 Å². The third kappa shape index (κ3) is 2.07.